The average molecular weight is 328 g/mol. The first kappa shape index (κ1) is 16.4. The van der Waals surface area contributed by atoms with E-state index in [1.165, 1.54) is 0 Å². The van der Waals surface area contributed by atoms with Crippen molar-refractivity contribution in [2.24, 2.45) is 10.3 Å². The molecule has 25 heavy (non-hydrogen) atoms. The van der Waals surface area contributed by atoms with Crippen molar-refractivity contribution in [3.8, 4) is 6.07 Å². The normalized spacial score (nSPS) is 12.5. The molecule has 3 aromatic rings. The van der Waals surface area contributed by atoms with E-state index in [1.54, 1.807) is 47.4 Å². The molecule has 5 heteroatoms. The Labute approximate surface area is 145 Å². The fraction of sp³-hybridized carbons (Fsp3) is 0.0500. The lowest BCUT2D eigenvalue weighted by molar-refractivity contribution is 0.229. The van der Waals surface area contributed by atoms with Crippen LogP contribution in [0.3, 0.4) is 0 Å². The SMILES string of the molecule is N#Cc1ccc(N=Nn2cccc2)c(C=CC(O)c2ccccc2)c1. The minimum Gasteiger partial charge on any atom is -0.384 e. The van der Waals surface area contributed by atoms with Crippen molar-refractivity contribution in [2.75, 3.05) is 0 Å². The number of benzene rings is 2. The summed E-state index contributed by atoms with van der Waals surface area (Å²) in [6.45, 7) is 0. The average Bonchev–Trinajstić information content (AvgIpc) is 3.19. The fourth-order valence-electron chi connectivity index (χ4n) is 2.29. The standard InChI is InChI=1S/C20H16N4O/c21-15-16-8-10-19(22-23-24-12-4-5-13-24)18(14-16)9-11-20(25)17-6-2-1-3-7-17/h1-14,20,25H. The first-order valence-electron chi connectivity index (χ1n) is 7.76. The molecule has 0 fully saturated rings. The second-order valence-corrected chi connectivity index (χ2v) is 5.35. The number of hydrogen-bond acceptors (Lipinski definition) is 4. The van der Waals surface area contributed by atoms with E-state index in [2.05, 4.69) is 16.4 Å². The Morgan fingerprint density at radius 3 is 2.52 bits per heavy atom. The van der Waals surface area contributed by atoms with Crippen LogP contribution >= 0.6 is 0 Å². The van der Waals surface area contributed by atoms with Gasteiger partial charge in [-0.15, -0.1) is 5.11 Å². The molecule has 122 valence electrons. The number of rotatable bonds is 5. The maximum absolute atomic E-state index is 10.3. The summed E-state index contributed by atoms with van der Waals surface area (Å²) >= 11 is 0. The molecule has 0 spiro atoms. The van der Waals surface area contributed by atoms with Gasteiger partial charge in [0.05, 0.1) is 23.4 Å². The van der Waals surface area contributed by atoms with Crippen LogP contribution in [-0.4, -0.2) is 9.78 Å². The molecule has 0 amide bonds. The smallest absolute Gasteiger partial charge is 0.0991 e. The van der Waals surface area contributed by atoms with E-state index < -0.39 is 6.10 Å². The van der Waals surface area contributed by atoms with Gasteiger partial charge in [0.1, 0.15) is 0 Å². The molecule has 0 aliphatic heterocycles. The van der Waals surface area contributed by atoms with Crippen LogP contribution < -0.4 is 0 Å². The van der Waals surface area contributed by atoms with Gasteiger partial charge in [0.2, 0.25) is 0 Å². The van der Waals surface area contributed by atoms with Crippen molar-refractivity contribution in [1.82, 2.24) is 4.68 Å². The lowest BCUT2D eigenvalue weighted by Gasteiger charge is -2.06. The molecule has 2 aromatic carbocycles. The van der Waals surface area contributed by atoms with Crippen molar-refractivity contribution < 1.29 is 5.11 Å². The Hall–Kier alpha value is -3.49. The highest BCUT2D eigenvalue weighted by molar-refractivity contribution is 5.66. The molecule has 1 N–H and O–H groups in total. The zero-order valence-electron chi connectivity index (χ0n) is 13.4. The van der Waals surface area contributed by atoms with Crippen molar-refractivity contribution in [1.29, 1.82) is 5.26 Å². The van der Waals surface area contributed by atoms with E-state index in [4.69, 9.17) is 5.26 Å². The van der Waals surface area contributed by atoms with Crippen LogP contribution in [0, 0.1) is 11.3 Å². The van der Waals surface area contributed by atoms with Gasteiger partial charge in [-0.1, -0.05) is 47.7 Å². The molecule has 0 saturated carbocycles. The summed E-state index contributed by atoms with van der Waals surface area (Å²) in [5, 5.41) is 27.7. The molecule has 0 bridgehead atoms. The highest BCUT2D eigenvalue weighted by Gasteiger charge is 2.05. The molecule has 1 heterocycles. The van der Waals surface area contributed by atoms with E-state index in [9.17, 15) is 5.11 Å². The molecule has 1 aromatic heterocycles. The lowest BCUT2D eigenvalue weighted by Crippen LogP contribution is -1.92. The topological polar surface area (TPSA) is 73.7 Å². The first-order chi connectivity index (χ1) is 12.3. The highest BCUT2D eigenvalue weighted by Crippen LogP contribution is 2.24. The van der Waals surface area contributed by atoms with Crippen LogP contribution in [0.5, 0.6) is 0 Å². The molecule has 1 atom stereocenters. The largest absolute Gasteiger partial charge is 0.384 e. The maximum Gasteiger partial charge on any atom is 0.0991 e. The minimum atomic E-state index is -0.735. The van der Waals surface area contributed by atoms with Gasteiger partial charge < -0.3 is 5.11 Å². The summed E-state index contributed by atoms with van der Waals surface area (Å²) in [5.41, 5.74) is 2.65. The molecule has 0 saturated heterocycles. The summed E-state index contributed by atoms with van der Waals surface area (Å²) in [5.74, 6) is 0. The molecule has 3 rings (SSSR count). The van der Waals surface area contributed by atoms with Gasteiger partial charge in [-0.05, 0) is 35.9 Å². The van der Waals surface area contributed by atoms with Crippen LogP contribution in [0.15, 0.2) is 89.5 Å². The summed E-state index contributed by atoms with van der Waals surface area (Å²) < 4.78 is 1.59. The Morgan fingerprint density at radius 1 is 1.04 bits per heavy atom. The van der Waals surface area contributed by atoms with Gasteiger partial charge in [-0.3, -0.25) is 0 Å². The number of aromatic nitrogens is 1. The second kappa shape index (κ2) is 7.86. The van der Waals surface area contributed by atoms with Crippen LogP contribution in [0.2, 0.25) is 0 Å². The monoisotopic (exact) mass is 328 g/mol. The quantitative estimate of drug-likeness (QED) is 0.692. The molecular formula is C20H16N4O. The number of aliphatic hydroxyl groups excluding tert-OH is 1. The van der Waals surface area contributed by atoms with Gasteiger partial charge >= 0.3 is 0 Å². The van der Waals surface area contributed by atoms with E-state index >= 15 is 0 Å². The highest BCUT2D eigenvalue weighted by atomic mass is 16.3. The Balaban J connectivity index is 1.88. The van der Waals surface area contributed by atoms with Gasteiger partial charge in [-0.2, -0.15) is 5.26 Å². The van der Waals surface area contributed by atoms with Gasteiger partial charge in [-0.25, -0.2) is 4.68 Å². The molecular weight excluding hydrogens is 312 g/mol. The third-order valence-corrected chi connectivity index (χ3v) is 3.60. The number of hydrogen-bond donors (Lipinski definition) is 1. The predicted molar refractivity (Wildman–Crippen MR) is 95.9 cm³/mol. The fourth-order valence-corrected chi connectivity index (χ4v) is 2.29. The summed E-state index contributed by atoms with van der Waals surface area (Å²) in [6, 6.07) is 20.3. The van der Waals surface area contributed by atoms with Gasteiger partial charge in [0.25, 0.3) is 0 Å². The van der Waals surface area contributed by atoms with Crippen LogP contribution in [0.4, 0.5) is 5.69 Å². The molecule has 0 aliphatic carbocycles. The lowest BCUT2D eigenvalue weighted by atomic mass is 10.1. The molecule has 5 nitrogen and oxygen atoms in total. The van der Waals surface area contributed by atoms with Crippen LogP contribution in [0.1, 0.15) is 22.8 Å². The Morgan fingerprint density at radius 2 is 1.80 bits per heavy atom. The second-order valence-electron chi connectivity index (χ2n) is 5.35. The molecule has 1 unspecified atom stereocenters. The van der Waals surface area contributed by atoms with E-state index in [-0.39, 0.29) is 0 Å². The summed E-state index contributed by atoms with van der Waals surface area (Å²) in [7, 11) is 0. The zero-order chi connectivity index (χ0) is 17.5. The minimum absolute atomic E-state index is 0.522. The maximum atomic E-state index is 10.3. The van der Waals surface area contributed by atoms with E-state index in [1.807, 2.05) is 42.5 Å². The number of nitrogens with zero attached hydrogens (tertiary/aromatic N) is 4. The van der Waals surface area contributed by atoms with Gasteiger partial charge in [0.15, 0.2) is 0 Å². The Kier molecular flexibility index (Phi) is 5.15. The Bertz CT molecular complexity index is 922. The third kappa shape index (κ3) is 4.28. The van der Waals surface area contributed by atoms with Crippen molar-refractivity contribution in [3.05, 3.63) is 95.8 Å². The van der Waals surface area contributed by atoms with E-state index in [0.29, 0.717) is 16.8 Å². The first-order valence-corrected chi connectivity index (χ1v) is 7.76. The number of aliphatic hydroxyl groups is 1. The zero-order valence-corrected chi connectivity index (χ0v) is 13.4. The number of nitriles is 1. The summed E-state index contributed by atoms with van der Waals surface area (Å²) in [6.07, 6.45) is 6.24. The van der Waals surface area contributed by atoms with Crippen molar-refractivity contribution in [2.45, 2.75) is 6.10 Å². The van der Waals surface area contributed by atoms with Crippen molar-refractivity contribution in [3.63, 3.8) is 0 Å². The van der Waals surface area contributed by atoms with Crippen LogP contribution in [0.25, 0.3) is 6.08 Å². The third-order valence-electron chi connectivity index (χ3n) is 3.60. The van der Waals surface area contributed by atoms with Crippen molar-refractivity contribution >= 4 is 11.8 Å². The van der Waals surface area contributed by atoms with E-state index in [0.717, 1.165) is 5.56 Å². The molecule has 0 radical (unpaired) electrons. The van der Waals surface area contributed by atoms with Gasteiger partial charge in [0, 0.05) is 18.0 Å². The molecule has 0 aliphatic rings. The predicted octanol–water partition coefficient (Wildman–Crippen LogP) is 4.65. The summed E-state index contributed by atoms with van der Waals surface area (Å²) in [4.78, 5) is 0. The van der Waals surface area contributed by atoms with Crippen LogP contribution in [-0.2, 0) is 0 Å².